The standard InChI is InChI=1S/C17H23ClN4O2/c1-11(2)19-16(23)12(3)21-6-8-22(9-7-21)17-20-14-5-4-13(18)10-15(14)24-17/h4-5,10-12H,6-9H2,1-3H3,(H,19,23). The Kier molecular flexibility index (Phi) is 4.96. The van der Waals surface area contributed by atoms with Crippen molar-refractivity contribution in [1.29, 1.82) is 0 Å². The van der Waals surface area contributed by atoms with Crippen LogP contribution in [0.5, 0.6) is 0 Å². The molecule has 7 heteroatoms. The molecule has 1 saturated heterocycles. The first-order valence-electron chi connectivity index (χ1n) is 8.29. The molecule has 24 heavy (non-hydrogen) atoms. The first-order chi connectivity index (χ1) is 11.4. The van der Waals surface area contributed by atoms with Crippen LogP contribution in [-0.2, 0) is 4.79 Å². The highest BCUT2D eigenvalue weighted by Gasteiger charge is 2.27. The van der Waals surface area contributed by atoms with Crippen LogP contribution in [0.2, 0.25) is 5.02 Å². The van der Waals surface area contributed by atoms with Crippen molar-refractivity contribution in [2.24, 2.45) is 0 Å². The third-order valence-corrected chi connectivity index (χ3v) is 4.52. The van der Waals surface area contributed by atoms with Gasteiger partial charge in [-0.15, -0.1) is 0 Å². The Morgan fingerprint density at radius 3 is 2.62 bits per heavy atom. The lowest BCUT2D eigenvalue weighted by atomic mass is 10.2. The number of aromatic nitrogens is 1. The maximum atomic E-state index is 12.1. The highest BCUT2D eigenvalue weighted by atomic mass is 35.5. The number of anilines is 1. The minimum absolute atomic E-state index is 0.0787. The van der Waals surface area contributed by atoms with Gasteiger partial charge in [0.15, 0.2) is 5.58 Å². The van der Waals surface area contributed by atoms with Crippen LogP contribution < -0.4 is 10.2 Å². The smallest absolute Gasteiger partial charge is 0.298 e. The molecule has 2 aromatic rings. The predicted molar refractivity (Wildman–Crippen MR) is 95.5 cm³/mol. The van der Waals surface area contributed by atoms with Crippen molar-refractivity contribution in [3.05, 3.63) is 23.2 Å². The predicted octanol–water partition coefficient (Wildman–Crippen LogP) is 2.52. The van der Waals surface area contributed by atoms with E-state index in [0.717, 1.165) is 31.7 Å². The number of piperazine rings is 1. The van der Waals surface area contributed by atoms with E-state index in [2.05, 4.69) is 20.1 Å². The normalized spacial score (nSPS) is 17.5. The summed E-state index contributed by atoms with van der Waals surface area (Å²) in [6, 6.07) is 6.10. The Hall–Kier alpha value is -1.79. The van der Waals surface area contributed by atoms with Gasteiger partial charge in [-0.05, 0) is 32.9 Å². The molecule has 3 rings (SSSR count). The minimum atomic E-state index is -0.128. The SMILES string of the molecule is CC(C)NC(=O)C(C)N1CCN(c2nc3ccc(Cl)cc3o2)CC1. The molecule has 0 bridgehead atoms. The number of carbonyl (C=O) groups is 1. The first kappa shape index (κ1) is 17.0. The van der Waals surface area contributed by atoms with E-state index in [-0.39, 0.29) is 18.0 Å². The van der Waals surface area contributed by atoms with Gasteiger partial charge in [-0.25, -0.2) is 0 Å². The summed E-state index contributed by atoms with van der Waals surface area (Å²) in [6.07, 6.45) is 0. The number of benzene rings is 1. The van der Waals surface area contributed by atoms with Gasteiger partial charge in [0.25, 0.3) is 6.01 Å². The molecule has 1 N–H and O–H groups in total. The van der Waals surface area contributed by atoms with Gasteiger partial charge in [-0.2, -0.15) is 4.98 Å². The maximum Gasteiger partial charge on any atom is 0.298 e. The number of amides is 1. The van der Waals surface area contributed by atoms with Crippen molar-refractivity contribution in [2.45, 2.75) is 32.9 Å². The molecule has 0 aliphatic carbocycles. The summed E-state index contributed by atoms with van der Waals surface area (Å²) in [5.74, 6) is 0.0787. The summed E-state index contributed by atoms with van der Waals surface area (Å²) in [6.45, 7) is 9.05. The van der Waals surface area contributed by atoms with Gasteiger partial charge in [-0.3, -0.25) is 9.69 Å². The van der Waals surface area contributed by atoms with E-state index in [9.17, 15) is 4.79 Å². The van der Waals surface area contributed by atoms with Crippen LogP contribution in [0.4, 0.5) is 6.01 Å². The molecular weight excluding hydrogens is 328 g/mol. The van der Waals surface area contributed by atoms with Crippen LogP contribution in [0.25, 0.3) is 11.1 Å². The fourth-order valence-corrected chi connectivity index (χ4v) is 3.06. The van der Waals surface area contributed by atoms with Crippen molar-refractivity contribution in [3.63, 3.8) is 0 Å². The van der Waals surface area contributed by atoms with E-state index >= 15 is 0 Å². The third-order valence-electron chi connectivity index (χ3n) is 4.28. The average Bonchev–Trinajstić information content (AvgIpc) is 2.96. The Labute approximate surface area is 146 Å². The second-order valence-corrected chi connectivity index (χ2v) is 6.91. The molecule has 1 unspecified atom stereocenters. The van der Waals surface area contributed by atoms with Gasteiger partial charge in [0, 0.05) is 43.3 Å². The van der Waals surface area contributed by atoms with E-state index in [0.29, 0.717) is 16.6 Å². The zero-order valence-electron chi connectivity index (χ0n) is 14.3. The number of carbonyl (C=O) groups excluding carboxylic acids is 1. The molecular formula is C17H23ClN4O2. The fraction of sp³-hybridized carbons (Fsp3) is 0.529. The summed E-state index contributed by atoms with van der Waals surface area (Å²) in [7, 11) is 0. The molecule has 0 radical (unpaired) electrons. The van der Waals surface area contributed by atoms with E-state index in [4.69, 9.17) is 16.0 Å². The first-order valence-corrected chi connectivity index (χ1v) is 8.67. The summed E-state index contributed by atoms with van der Waals surface area (Å²) >= 11 is 5.99. The van der Waals surface area contributed by atoms with E-state index in [1.807, 2.05) is 32.9 Å². The van der Waals surface area contributed by atoms with Crippen LogP contribution in [-0.4, -0.2) is 54.1 Å². The molecule has 1 fully saturated rings. The second kappa shape index (κ2) is 6.99. The van der Waals surface area contributed by atoms with Gasteiger partial charge in [0.05, 0.1) is 6.04 Å². The van der Waals surface area contributed by atoms with Crippen molar-refractivity contribution >= 4 is 34.6 Å². The van der Waals surface area contributed by atoms with Crippen molar-refractivity contribution in [2.75, 3.05) is 31.1 Å². The lowest BCUT2D eigenvalue weighted by Gasteiger charge is -2.36. The van der Waals surface area contributed by atoms with Gasteiger partial charge in [0.1, 0.15) is 5.52 Å². The highest BCUT2D eigenvalue weighted by Crippen LogP contribution is 2.25. The van der Waals surface area contributed by atoms with Gasteiger partial charge >= 0.3 is 0 Å². The van der Waals surface area contributed by atoms with Crippen LogP contribution in [0, 0.1) is 0 Å². The topological polar surface area (TPSA) is 61.6 Å². The molecule has 1 aromatic heterocycles. The highest BCUT2D eigenvalue weighted by molar-refractivity contribution is 6.31. The molecule has 6 nitrogen and oxygen atoms in total. The molecule has 0 spiro atoms. The molecule has 130 valence electrons. The Morgan fingerprint density at radius 2 is 1.96 bits per heavy atom. The Morgan fingerprint density at radius 1 is 1.25 bits per heavy atom. The molecule has 1 aromatic carbocycles. The molecule has 0 saturated carbocycles. The monoisotopic (exact) mass is 350 g/mol. The molecule has 1 aliphatic heterocycles. The summed E-state index contributed by atoms with van der Waals surface area (Å²) < 4.78 is 5.82. The van der Waals surface area contributed by atoms with Crippen LogP contribution in [0.15, 0.2) is 22.6 Å². The molecule has 2 heterocycles. The lowest BCUT2D eigenvalue weighted by Crippen LogP contribution is -2.54. The third kappa shape index (κ3) is 3.65. The molecule has 1 amide bonds. The zero-order chi connectivity index (χ0) is 17.3. The van der Waals surface area contributed by atoms with E-state index < -0.39 is 0 Å². The van der Waals surface area contributed by atoms with Gasteiger partial charge < -0.3 is 14.6 Å². The van der Waals surface area contributed by atoms with E-state index in [1.54, 1.807) is 6.07 Å². The Bertz CT molecular complexity index is 722. The maximum absolute atomic E-state index is 12.1. The van der Waals surface area contributed by atoms with Gasteiger partial charge in [0.2, 0.25) is 5.91 Å². The van der Waals surface area contributed by atoms with Crippen LogP contribution in [0.3, 0.4) is 0 Å². The number of halogens is 1. The number of hydrogen-bond acceptors (Lipinski definition) is 5. The number of nitrogens with one attached hydrogen (secondary N) is 1. The molecule has 1 aliphatic rings. The summed E-state index contributed by atoms with van der Waals surface area (Å²) in [5.41, 5.74) is 1.51. The second-order valence-electron chi connectivity index (χ2n) is 6.47. The number of hydrogen-bond donors (Lipinski definition) is 1. The largest absolute Gasteiger partial charge is 0.423 e. The quantitative estimate of drug-likeness (QED) is 0.918. The summed E-state index contributed by atoms with van der Waals surface area (Å²) in [4.78, 5) is 21.0. The lowest BCUT2D eigenvalue weighted by molar-refractivity contribution is -0.126. The average molecular weight is 351 g/mol. The Balaban J connectivity index is 1.62. The van der Waals surface area contributed by atoms with Crippen molar-refractivity contribution in [1.82, 2.24) is 15.2 Å². The zero-order valence-corrected chi connectivity index (χ0v) is 15.0. The van der Waals surface area contributed by atoms with Crippen LogP contribution in [0.1, 0.15) is 20.8 Å². The number of nitrogens with zero attached hydrogens (tertiary/aromatic N) is 3. The summed E-state index contributed by atoms with van der Waals surface area (Å²) in [5, 5.41) is 3.61. The minimum Gasteiger partial charge on any atom is -0.423 e. The van der Waals surface area contributed by atoms with Crippen molar-refractivity contribution in [3.8, 4) is 0 Å². The van der Waals surface area contributed by atoms with E-state index in [1.165, 1.54) is 0 Å². The van der Waals surface area contributed by atoms with Gasteiger partial charge in [-0.1, -0.05) is 11.6 Å². The number of fused-ring (bicyclic) bond motifs is 1. The van der Waals surface area contributed by atoms with Crippen molar-refractivity contribution < 1.29 is 9.21 Å². The molecule has 1 atom stereocenters. The number of oxazole rings is 1. The number of rotatable bonds is 4. The fourth-order valence-electron chi connectivity index (χ4n) is 2.89. The van der Waals surface area contributed by atoms with Crippen LogP contribution >= 0.6 is 11.6 Å².